The molecule has 2 fully saturated rings. The predicted octanol–water partition coefficient (Wildman–Crippen LogP) is 5.27. The lowest BCUT2D eigenvalue weighted by atomic mass is 9.98. The fourth-order valence-corrected chi connectivity index (χ4v) is 4.77. The number of rotatable bonds is 8. The minimum atomic E-state index is 0.0788. The monoisotopic (exact) mass is 496 g/mol. The Labute approximate surface area is 218 Å². The summed E-state index contributed by atoms with van der Waals surface area (Å²) in [6, 6.07) is 18.6. The Hall–Kier alpha value is -3.86. The maximum absolute atomic E-state index is 9.80. The van der Waals surface area contributed by atoms with Crippen molar-refractivity contribution in [1.29, 1.82) is 5.26 Å². The predicted molar refractivity (Wildman–Crippen MR) is 146 cm³/mol. The van der Waals surface area contributed by atoms with Gasteiger partial charge in [-0.1, -0.05) is 30.9 Å². The topological polar surface area (TPSA) is 79.6 Å². The molecule has 3 aromatic rings. The number of pyridine rings is 1. The fourth-order valence-electron chi connectivity index (χ4n) is 4.77. The lowest BCUT2D eigenvalue weighted by Gasteiger charge is -2.28. The molecule has 2 saturated heterocycles. The van der Waals surface area contributed by atoms with E-state index in [-0.39, 0.29) is 6.10 Å². The molecule has 0 radical (unpaired) electrons. The number of benzene rings is 2. The van der Waals surface area contributed by atoms with Gasteiger partial charge in [-0.2, -0.15) is 5.26 Å². The molecular weight excluding hydrogens is 464 g/mol. The van der Waals surface area contributed by atoms with Crippen molar-refractivity contribution in [1.82, 2.24) is 4.98 Å². The van der Waals surface area contributed by atoms with Gasteiger partial charge in [-0.25, -0.2) is 4.98 Å². The number of anilines is 2. The molecule has 3 heterocycles. The first-order valence-electron chi connectivity index (χ1n) is 12.8. The molecule has 0 saturated carbocycles. The van der Waals surface area contributed by atoms with Crippen molar-refractivity contribution in [3.63, 3.8) is 0 Å². The third-order valence-corrected chi connectivity index (χ3v) is 6.84. The van der Waals surface area contributed by atoms with Crippen LogP contribution in [0.2, 0.25) is 0 Å². The number of ether oxygens (including phenoxy) is 3. The van der Waals surface area contributed by atoms with E-state index in [4.69, 9.17) is 14.2 Å². The maximum Gasteiger partial charge on any atom is 0.137 e. The van der Waals surface area contributed by atoms with E-state index >= 15 is 0 Å². The van der Waals surface area contributed by atoms with E-state index in [1.165, 1.54) is 11.3 Å². The normalized spacial score (nSPS) is 16.1. The van der Waals surface area contributed by atoms with Crippen molar-refractivity contribution in [3.8, 4) is 22.9 Å². The Morgan fingerprint density at radius 2 is 1.81 bits per heavy atom. The molecule has 0 aliphatic carbocycles. The van der Waals surface area contributed by atoms with Gasteiger partial charge < -0.3 is 24.4 Å². The fraction of sp³-hybridized carbons (Fsp3) is 0.333. The Balaban J connectivity index is 1.31. The molecule has 2 aliphatic rings. The lowest BCUT2D eigenvalue weighted by molar-refractivity contribution is 0.0254. The number of morpholine rings is 1. The maximum atomic E-state index is 9.80. The first-order valence-corrected chi connectivity index (χ1v) is 12.8. The molecule has 2 aromatic carbocycles. The highest BCUT2D eigenvalue weighted by Gasteiger charge is 2.18. The van der Waals surface area contributed by atoms with E-state index in [0.29, 0.717) is 31.1 Å². The van der Waals surface area contributed by atoms with Crippen LogP contribution in [0.4, 0.5) is 11.5 Å². The molecule has 37 heavy (non-hydrogen) atoms. The van der Waals surface area contributed by atoms with Crippen LogP contribution in [0.5, 0.6) is 5.75 Å². The highest BCUT2D eigenvalue weighted by atomic mass is 16.5. The van der Waals surface area contributed by atoms with Crippen molar-refractivity contribution < 1.29 is 14.2 Å². The van der Waals surface area contributed by atoms with E-state index in [1.54, 1.807) is 6.20 Å². The summed E-state index contributed by atoms with van der Waals surface area (Å²) in [6.45, 7) is 9.46. The smallest absolute Gasteiger partial charge is 0.137 e. The lowest BCUT2D eigenvalue weighted by Crippen LogP contribution is -2.36. The van der Waals surface area contributed by atoms with Crippen LogP contribution in [0, 0.1) is 11.3 Å². The molecule has 0 unspecified atom stereocenters. The summed E-state index contributed by atoms with van der Waals surface area (Å²) in [5.74, 6) is 1.37. The van der Waals surface area contributed by atoms with E-state index in [2.05, 4.69) is 52.1 Å². The SMILES string of the molecule is C=Cc1c(-c2ccc(OC3CCOCC3)c(C#N)c2)ccnc1NCc1ccc(N2CCOCC2)cc1. The molecule has 190 valence electrons. The van der Waals surface area contributed by atoms with Crippen molar-refractivity contribution in [2.24, 2.45) is 0 Å². The van der Waals surface area contributed by atoms with Crippen molar-refractivity contribution in [2.75, 3.05) is 49.7 Å². The molecule has 2 aliphatic heterocycles. The van der Waals surface area contributed by atoms with Gasteiger partial charge in [0.2, 0.25) is 0 Å². The average Bonchev–Trinajstić information content (AvgIpc) is 2.97. The summed E-state index contributed by atoms with van der Waals surface area (Å²) in [4.78, 5) is 6.92. The van der Waals surface area contributed by atoms with Gasteiger partial charge in [0.25, 0.3) is 0 Å². The quantitative estimate of drug-likeness (QED) is 0.455. The molecule has 1 N–H and O–H groups in total. The van der Waals surface area contributed by atoms with Gasteiger partial charge in [0, 0.05) is 49.9 Å². The van der Waals surface area contributed by atoms with Crippen molar-refractivity contribution >= 4 is 17.6 Å². The molecule has 1 aromatic heterocycles. The van der Waals surface area contributed by atoms with Crippen LogP contribution in [0.25, 0.3) is 17.2 Å². The number of hydrogen-bond donors (Lipinski definition) is 1. The number of nitrogens with zero attached hydrogens (tertiary/aromatic N) is 3. The van der Waals surface area contributed by atoms with Gasteiger partial charge in [0.05, 0.1) is 32.0 Å². The van der Waals surface area contributed by atoms with E-state index in [9.17, 15) is 5.26 Å². The zero-order valence-electron chi connectivity index (χ0n) is 21.0. The summed E-state index contributed by atoms with van der Waals surface area (Å²) < 4.78 is 17.0. The third-order valence-electron chi connectivity index (χ3n) is 6.84. The Morgan fingerprint density at radius 1 is 1.05 bits per heavy atom. The second kappa shape index (κ2) is 11.9. The minimum Gasteiger partial charge on any atom is -0.489 e. The van der Waals surface area contributed by atoms with Crippen LogP contribution < -0.4 is 15.0 Å². The Kier molecular flexibility index (Phi) is 7.99. The number of hydrogen-bond acceptors (Lipinski definition) is 7. The van der Waals surface area contributed by atoms with Gasteiger partial charge in [-0.15, -0.1) is 0 Å². The summed E-state index contributed by atoms with van der Waals surface area (Å²) in [7, 11) is 0. The first kappa shape index (κ1) is 24.8. The van der Waals surface area contributed by atoms with Crippen LogP contribution in [0.3, 0.4) is 0 Å². The van der Waals surface area contributed by atoms with Gasteiger partial charge in [0.15, 0.2) is 0 Å². The highest BCUT2D eigenvalue weighted by molar-refractivity contribution is 5.81. The van der Waals surface area contributed by atoms with Gasteiger partial charge in [-0.05, 0) is 47.0 Å². The molecule has 0 bridgehead atoms. The van der Waals surface area contributed by atoms with E-state index in [1.807, 2.05) is 30.3 Å². The van der Waals surface area contributed by atoms with Crippen LogP contribution in [-0.2, 0) is 16.0 Å². The number of aromatic nitrogens is 1. The summed E-state index contributed by atoms with van der Waals surface area (Å²) in [5.41, 5.74) is 5.69. The standard InChI is InChI=1S/C30H32N4O3/c1-2-27-28(23-5-8-29(24(19-23)20-31)37-26-10-15-35-16-11-26)9-12-32-30(27)33-21-22-3-6-25(7-4-22)34-13-17-36-18-14-34/h2-9,12,19,26H,1,10-11,13-18,21H2,(H,32,33). The molecular formula is C30H32N4O3. The minimum absolute atomic E-state index is 0.0788. The third kappa shape index (κ3) is 5.93. The van der Waals surface area contributed by atoms with Crippen molar-refractivity contribution in [3.05, 3.63) is 78.0 Å². The average molecular weight is 497 g/mol. The van der Waals surface area contributed by atoms with E-state index in [0.717, 1.165) is 61.7 Å². The van der Waals surface area contributed by atoms with Crippen molar-refractivity contribution in [2.45, 2.75) is 25.5 Å². The first-order chi connectivity index (χ1) is 18.2. The second-order valence-corrected chi connectivity index (χ2v) is 9.20. The van der Waals surface area contributed by atoms with E-state index < -0.39 is 0 Å². The largest absolute Gasteiger partial charge is 0.489 e. The number of nitrogens with one attached hydrogen (secondary N) is 1. The molecule has 0 atom stereocenters. The summed E-state index contributed by atoms with van der Waals surface area (Å²) in [5, 5.41) is 13.3. The molecule has 7 heteroatoms. The Morgan fingerprint density at radius 3 is 2.54 bits per heavy atom. The molecule has 0 spiro atoms. The van der Waals surface area contributed by atoms with Gasteiger partial charge in [-0.3, -0.25) is 0 Å². The van der Waals surface area contributed by atoms with Crippen LogP contribution in [-0.4, -0.2) is 50.6 Å². The molecule has 0 amide bonds. The zero-order valence-corrected chi connectivity index (χ0v) is 21.0. The van der Waals surface area contributed by atoms with Crippen LogP contribution in [0.15, 0.2) is 61.3 Å². The van der Waals surface area contributed by atoms with Crippen LogP contribution in [0.1, 0.15) is 29.5 Å². The highest BCUT2D eigenvalue weighted by Crippen LogP contribution is 2.33. The summed E-state index contributed by atoms with van der Waals surface area (Å²) in [6.07, 6.45) is 5.34. The van der Waals surface area contributed by atoms with Gasteiger partial charge >= 0.3 is 0 Å². The second-order valence-electron chi connectivity index (χ2n) is 9.20. The zero-order chi connectivity index (χ0) is 25.5. The van der Waals surface area contributed by atoms with Gasteiger partial charge in [0.1, 0.15) is 23.7 Å². The molecule has 7 nitrogen and oxygen atoms in total. The Bertz CT molecular complexity index is 1260. The number of nitriles is 1. The summed E-state index contributed by atoms with van der Waals surface area (Å²) >= 11 is 0. The van der Waals surface area contributed by atoms with Crippen LogP contribution >= 0.6 is 0 Å². The molecule has 5 rings (SSSR count).